The Morgan fingerprint density at radius 2 is 1.86 bits per heavy atom. The normalized spacial score (nSPS) is 27.2. The number of aromatic nitrogens is 2. The van der Waals surface area contributed by atoms with Crippen LogP contribution in [0, 0.1) is 6.85 Å². The Morgan fingerprint density at radius 1 is 1.16 bits per heavy atom. The first-order valence-electron chi connectivity index (χ1n) is 14.9. The molecule has 0 saturated carbocycles. The maximum Gasteiger partial charge on any atom is 0.508 e. The van der Waals surface area contributed by atoms with E-state index in [0.717, 1.165) is 4.68 Å². The van der Waals surface area contributed by atoms with Crippen LogP contribution in [0.2, 0.25) is 0 Å². The molecule has 1 fully saturated rings. The average Bonchev–Trinajstić information content (AvgIpc) is 3.29. The number of ether oxygens (including phenoxy) is 5. The maximum atomic E-state index is 11.6. The molecule has 206 valence electrons. The number of aliphatic hydroxyl groups is 3. The maximum absolute atomic E-state index is 11.6. The van der Waals surface area contributed by atoms with Crippen molar-refractivity contribution in [1.82, 2.24) is 9.78 Å². The Kier molecular flexibility index (Phi) is 7.19. The highest BCUT2D eigenvalue weighted by atomic mass is 16.7. The molecule has 1 aromatic heterocycles. The molecule has 0 amide bonds. The molecule has 0 spiro atoms. The van der Waals surface area contributed by atoms with E-state index in [1.165, 1.54) is 38.1 Å². The fourth-order valence-corrected chi connectivity index (χ4v) is 3.54. The first kappa shape index (κ1) is 21.1. The lowest BCUT2D eigenvalue weighted by atomic mass is 9.99. The number of carbonyl (C=O) groups excluding carboxylic acids is 1. The number of benzene rings is 1. The lowest BCUT2D eigenvalue weighted by molar-refractivity contribution is -0.278. The summed E-state index contributed by atoms with van der Waals surface area (Å²) in [5, 5.41) is 35.8. The van der Waals surface area contributed by atoms with Crippen molar-refractivity contribution in [3.05, 3.63) is 41.1 Å². The van der Waals surface area contributed by atoms with E-state index >= 15 is 0 Å². The van der Waals surface area contributed by atoms with Gasteiger partial charge in [-0.25, -0.2) is 4.79 Å². The van der Waals surface area contributed by atoms with Crippen molar-refractivity contribution in [2.45, 2.75) is 90.7 Å². The second-order valence-electron chi connectivity index (χ2n) is 8.85. The zero-order valence-electron chi connectivity index (χ0n) is 27.4. The van der Waals surface area contributed by atoms with E-state index in [2.05, 4.69) is 9.84 Å². The van der Waals surface area contributed by atoms with Crippen molar-refractivity contribution in [3.8, 4) is 11.6 Å². The van der Waals surface area contributed by atoms with Crippen molar-refractivity contribution in [2.24, 2.45) is 0 Å². The van der Waals surface area contributed by atoms with Gasteiger partial charge in [0.25, 0.3) is 0 Å². The summed E-state index contributed by atoms with van der Waals surface area (Å²) < 4.78 is 78.1. The van der Waals surface area contributed by atoms with Gasteiger partial charge in [-0.15, -0.1) is 5.10 Å². The highest BCUT2D eigenvalue weighted by molar-refractivity contribution is 5.59. The quantitative estimate of drug-likeness (QED) is 0.394. The summed E-state index contributed by atoms with van der Waals surface area (Å²) in [6.07, 6.45) is -13.5. The van der Waals surface area contributed by atoms with Gasteiger partial charge >= 0.3 is 6.16 Å². The van der Waals surface area contributed by atoms with E-state index < -0.39 is 86.0 Å². The summed E-state index contributed by atoms with van der Waals surface area (Å²) >= 11 is 0. The van der Waals surface area contributed by atoms with Crippen molar-refractivity contribution < 1.29 is 52.0 Å². The van der Waals surface area contributed by atoms with Gasteiger partial charge in [0.2, 0.25) is 12.2 Å². The fraction of sp³-hybridized carbons (Fsp3) is 0.615. The molecule has 1 aromatic carbocycles. The first-order chi connectivity index (χ1) is 19.8. The van der Waals surface area contributed by atoms with Gasteiger partial charge in [0.05, 0.1) is 14.1 Å². The van der Waals surface area contributed by atoms with Crippen LogP contribution in [0.5, 0.6) is 11.6 Å². The summed E-state index contributed by atoms with van der Waals surface area (Å²) in [5.74, 6) is -0.262. The number of aliphatic hydroxyl groups excluding tert-OH is 3. The topological polar surface area (TPSA) is 142 Å². The van der Waals surface area contributed by atoms with E-state index in [9.17, 15) is 20.1 Å². The van der Waals surface area contributed by atoms with E-state index in [1.807, 2.05) is 0 Å². The second-order valence-corrected chi connectivity index (χ2v) is 8.85. The highest BCUT2D eigenvalue weighted by Crippen LogP contribution is 2.31. The lowest BCUT2D eigenvalue weighted by Crippen LogP contribution is -2.60. The molecule has 0 radical (unpaired) electrons. The SMILES string of the molecule is [2H]C(C)(C)Oc1ccc(C([2H])([2H])c2c(O[C@@H]3O[C@H](COC(=O)OCC)[C@@H](O)[C@H](O)[C@H]3O)nn(C(C)C)c2C([2H])([2H])[2H])cc1. The third-order valence-electron chi connectivity index (χ3n) is 5.34. The molecule has 0 bridgehead atoms. The molecule has 1 saturated heterocycles. The Balaban J connectivity index is 2.07. The summed E-state index contributed by atoms with van der Waals surface area (Å²) in [7, 11) is 0. The van der Waals surface area contributed by atoms with E-state index in [1.54, 1.807) is 20.8 Å². The van der Waals surface area contributed by atoms with Crippen molar-refractivity contribution in [2.75, 3.05) is 13.2 Å². The van der Waals surface area contributed by atoms with Crippen LogP contribution < -0.4 is 9.47 Å². The third kappa shape index (κ3) is 7.13. The summed E-state index contributed by atoms with van der Waals surface area (Å²) in [4.78, 5) is 11.6. The number of hydrogen-bond acceptors (Lipinski definition) is 10. The molecule has 1 aliphatic rings. The Labute approximate surface area is 225 Å². The standard InChI is InChI=1S/C26H38N2O9/c1-7-33-26(32)34-13-20-21(29)22(30)23(31)25(36-20)37-24-19(16(6)28(27-24)14(2)3)12-17-8-10-18(11-9-17)35-15(4)5/h8-11,14-15,20-23,25,29-31H,7,12-13H2,1-6H3/t20-,21-,22+,23-,25+/m1/s1/i6D3,12D2,15D. The van der Waals surface area contributed by atoms with E-state index in [-0.39, 0.29) is 17.9 Å². The number of rotatable bonds is 10. The monoisotopic (exact) mass is 528 g/mol. The molecule has 2 aromatic rings. The van der Waals surface area contributed by atoms with E-state index in [4.69, 9.17) is 27.2 Å². The van der Waals surface area contributed by atoms with Gasteiger partial charge in [0, 0.05) is 30.5 Å². The van der Waals surface area contributed by atoms with Gasteiger partial charge in [-0.1, -0.05) is 12.1 Å². The minimum absolute atomic E-state index is 0.00238. The molecule has 1 aliphatic heterocycles. The molecular formula is C26H38N2O9. The molecule has 0 aliphatic carbocycles. The average molecular weight is 529 g/mol. The molecule has 5 atom stereocenters. The van der Waals surface area contributed by atoms with Gasteiger partial charge in [-0.05, 0) is 59.2 Å². The molecule has 2 heterocycles. The second kappa shape index (κ2) is 12.6. The van der Waals surface area contributed by atoms with Crippen molar-refractivity contribution >= 4 is 6.16 Å². The van der Waals surface area contributed by atoms with Crippen LogP contribution in [0.3, 0.4) is 0 Å². The highest BCUT2D eigenvalue weighted by Gasteiger charge is 2.46. The molecule has 3 N–H and O–H groups in total. The van der Waals surface area contributed by atoms with Crippen LogP contribution in [-0.2, 0) is 20.6 Å². The van der Waals surface area contributed by atoms with Gasteiger partial charge < -0.3 is 39.0 Å². The Morgan fingerprint density at radius 3 is 2.46 bits per heavy atom. The van der Waals surface area contributed by atoms with Crippen LogP contribution in [0.25, 0.3) is 0 Å². The zero-order valence-corrected chi connectivity index (χ0v) is 21.4. The Bertz CT molecular complexity index is 1250. The largest absolute Gasteiger partial charge is 0.508 e. The predicted molar refractivity (Wildman–Crippen MR) is 133 cm³/mol. The summed E-state index contributed by atoms with van der Waals surface area (Å²) in [6.45, 7) is 4.42. The molecule has 37 heavy (non-hydrogen) atoms. The first-order valence-corrected chi connectivity index (χ1v) is 11.9. The van der Waals surface area contributed by atoms with Gasteiger partial charge in [0.1, 0.15) is 36.8 Å². The zero-order chi connectivity index (χ0) is 32.5. The number of nitrogens with zero attached hydrogens (tertiary/aromatic N) is 2. The van der Waals surface area contributed by atoms with Gasteiger partial charge in [0.15, 0.2) is 0 Å². The van der Waals surface area contributed by atoms with E-state index in [0.29, 0.717) is 0 Å². The predicted octanol–water partition coefficient (Wildman–Crippen LogP) is 2.51. The van der Waals surface area contributed by atoms with Gasteiger partial charge in [-0.2, -0.15) is 0 Å². The lowest BCUT2D eigenvalue weighted by Gasteiger charge is -2.39. The Hall–Kier alpha value is -2.86. The van der Waals surface area contributed by atoms with Crippen molar-refractivity contribution in [3.63, 3.8) is 0 Å². The van der Waals surface area contributed by atoms with Crippen LogP contribution in [0.15, 0.2) is 24.3 Å². The third-order valence-corrected chi connectivity index (χ3v) is 5.34. The molecule has 3 rings (SSSR count). The van der Waals surface area contributed by atoms with Crippen LogP contribution in [-0.4, -0.2) is 81.3 Å². The van der Waals surface area contributed by atoms with Crippen LogP contribution >= 0.6 is 0 Å². The van der Waals surface area contributed by atoms with Crippen molar-refractivity contribution in [1.29, 1.82) is 0 Å². The minimum atomic E-state index is -2.88. The summed E-state index contributed by atoms with van der Waals surface area (Å²) in [6, 6.07) is 5.04. The smallest absolute Gasteiger partial charge is 0.491 e. The molecule has 11 heteroatoms. The van der Waals surface area contributed by atoms with Gasteiger partial charge in [-0.3, -0.25) is 4.68 Å². The number of hydrogen-bond donors (Lipinski definition) is 3. The minimum Gasteiger partial charge on any atom is -0.491 e. The number of carbonyl (C=O) groups is 1. The molecule has 0 unspecified atom stereocenters. The van der Waals surface area contributed by atoms with Crippen LogP contribution in [0.4, 0.5) is 4.79 Å². The molecule has 11 nitrogen and oxygen atoms in total. The fourth-order valence-electron chi connectivity index (χ4n) is 3.54. The molecular weight excluding hydrogens is 484 g/mol. The van der Waals surface area contributed by atoms with Crippen LogP contribution in [0.1, 0.15) is 65.7 Å². The summed E-state index contributed by atoms with van der Waals surface area (Å²) in [5.41, 5.74) is -0.947.